The first-order chi connectivity index (χ1) is 5.33. The molecule has 0 saturated heterocycles. The Bertz CT molecular complexity index is 254. The number of rotatable bonds is 0. The van der Waals surface area contributed by atoms with Crippen molar-refractivity contribution in [2.24, 2.45) is 17.3 Å². The van der Waals surface area contributed by atoms with Crippen LogP contribution in [0.5, 0.6) is 0 Å². The molecule has 1 heteroatoms. The van der Waals surface area contributed by atoms with Gasteiger partial charge in [0, 0.05) is 11.8 Å². The molecule has 11 heavy (non-hydrogen) atoms. The Morgan fingerprint density at radius 1 is 1.55 bits per heavy atom. The van der Waals surface area contributed by atoms with Crippen molar-refractivity contribution in [1.29, 1.82) is 0 Å². The minimum Gasteiger partial charge on any atom is -0.299 e. The predicted octanol–water partition coefficient (Wildman–Crippen LogP) is 1.93. The Hall–Kier alpha value is -0.590. The van der Waals surface area contributed by atoms with E-state index in [1.165, 1.54) is 12.8 Å². The summed E-state index contributed by atoms with van der Waals surface area (Å²) >= 11 is 0. The van der Waals surface area contributed by atoms with Gasteiger partial charge in [-0.2, -0.15) is 0 Å². The monoisotopic (exact) mass is 148 g/mol. The fourth-order valence-electron chi connectivity index (χ4n) is 3.31. The molecule has 0 heterocycles. The van der Waals surface area contributed by atoms with Gasteiger partial charge in [-0.25, -0.2) is 0 Å². The molecule has 3 rings (SSSR count). The summed E-state index contributed by atoms with van der Waals surface area (Å²) < 4.78 is 0. The van der Waals surface area contributed by atoms with Gasteiger partial charge < -0.3 is 0 Å². The summed E-state index contributed by atoms with van der Waals surface area (Å²) in [4.78, 5) is 11.5. The van der Waals surface area contributed by atoms with Crippen LogP contribution in [0.4, 0.5) is 0 Å². The summed E-state index contributed by atoms with van der Waals surface area (Å²) in [5.41, 5.74) is 0.166. The minimum absolute atomic E-state index is 0.166. The molecule has 0 amide bonds. The van der Waals surface area contributed by atoms with Gasteiger partial charge in [0.25, 0.3) is 0 Å². The largest absolute Gasteiger partial charge is 0.299 e. The van der Waals surface area contributed by atoms with E-state index < -0.39 is 0 Å². The number of hydrogen-bond donors (Lipinski definition) is 0. The number of hydrogen-bond acceptors (Lipinski definition) is 1. The van der Waals surface area contributed by atoms with E-state index in [4.69, 9.17) is 0 Å². The van der Waals surface area contributed by atoms with Crippen molar-refractivity contribution < 1.29 is 4.79 Å². The van der Waals surface area contributed by atoms with E-state index in [9.17, 15) is 4.79 Å². The molecule has 2 fully saturated rings. The Labute approximate surface area is 66.5 Å². The van der Waals surface area contributed by atoms with Crippen LogP contribution in [-0.4, -0.2) is 5.78 Å². The number of carbonyl (C=O) groups is 1. The van der Waals surface area contributed by atoms with Crippen molar-refractivity contribution in [3.63, 3.8) is 0 Å². The van der Waals surface area contributed by atoms with Crippen LogP contribution >= 0.6 is 0 Å². The first kappa shape index (κ1) is 5.99. The Kier molecular flexibility index (Phi) is 0.869. The van der Waals surface area contributed by atoms with E-state index >= 15 is 0 Å². The normalized spacial score (nSPS) is 52.2. The first-order valence-corrected chi connectivity index (χ1v) is 4.53. The molecule has 0 radical (unpaired) electrons. The summed E-state index contributed by atoms with van der Waals surface area (Å²) in [5, 5.41) is 0. The molecule has 3 aliphatic carbocycles. The molecule has 3 atom stereocenters. The van der Waals surface area contributed by atoms with Crippen LogP contribution in [-0.2, 0) is 4.79 Å². The molecule has 0 aromatic heterocycles. The zero-order valence-corrected chi connectivity index (χ0v) is 6.55. The third-order valence-electron chi connectivity index (χ3n) is 3.93. The van der Waals surface area contributed by atoms with Crippen molar-refractivity contribution in [2.45, 2.75) is 25.7 Å². The van der Waals surface area contributed by atoms with Crippen molar-refractivity contribution in [1.82, 2.24) is 0 Å². The molecule has 1 nitrogen and oxygen atoms in total. The fraction of sp³-hybridized carbons (Fsp3) is 0.700. The zero-order chi connectivity index (χ0) is 7.47. The zero-order valence-electron chi connectivity index (χ0n) is 6.55. The quantitative estimate of drug-likeness (QED) is 0.480. The van der Waals surface area contributed by atoms with E-state index in [0.717, 1.165) is 24.7 Å². The highest BCUT2D eigenvalue weighted by Crippen LogP contribution is 2.63. The van der Waals surface area contributed by atoms with Crippen LogP contribution in [0, 0.1) is 17.3 Å². The highest BCUT2D eigenvalue weighted by atomic mass is 16.1. The van der Waals surface area contributed by atoms with Crippen LogP contribution in [0.25, 0.3) is 0 Å². The van der Waals surface area contributed by atoms with Gasteiger partial charge in [-0.1, -0.05) is 12.2 Å². The van der Waals surface area contributed by atoms with E-state index in [-0.39, 0.29) is 5.41 Å². The summed E-state index contributed by atoms with van der Waals surface area (Å²) in [6, 6.07) is 0. The Morgan fingerprint density at radius 3 is 3.18 bits per heavy atom. The molecule has 0 N–H and O–H groups in total. The smallest absolute Gasteiger partial charge is 0.139 e. The van der Waals surface area contributed by atoms with E-state index in [1.807, 2.05) is 0 Å². The Morgan fingerprint density at radius 2 is 2.45 bits per heavy atom. The molecular weight excluding hydrogens is 136 g/mol. The van der Waals surface area contributed by atoms with Gasteiger partial charge in [-0.3, -0.25) is 4.79 Å². The number of allylic oxidation sites excluding steroid dienone is 2. The van der Waals surface area contributed by atoms with Gasteiger partial charge in [0.1, 0.15) is 5.78 Å². The minimum atomic E-state index is 0.166. The Balaban J connectivity index is 2.07. The summed E-state index contributed by atoms with van der Waals surface area (Å²) in [6.07, 6.45) is 8.80. The first-order valence-electron chi connectivity index (χ1n) is 4.53. The predicted molar refractivity (Wildman–Crippen MR) is 42.0 cm³/mol. The second kappa shape index (κ2) is 1.60. The van der Waals surface area contributed by atoms with Crippen LogP contribution in [0.3, 0.4) is 0 Å². The van der Waals surface area contributed by atoms with Crippen molar-refractivity contribution in [3.8, 4) is 0 Å². The van der Waals surface area contributed by atoms with Crippen molar-refractivity contribution >= 4 is 5.78 Å². The van der Waals surface area contributed by atoms with E-state index in [0.29, 0.717) is 5.78 Å². The standard InChI is InChI=1S/C10H12O/c11-9-4-3-8-7-2-1-5-10(8,9)6-7/h1-2,7-8H,3-6H2. The highest BCUT2D eigenvalue weighted by molar-refractivity contribution is 5.89. The van der Waals surface area contributed by atoms with Crippen LogP contribution in [0.1, 0.15) is 25.7 Å². The molecular formula is C10H12O. The number of carbonyl (C=O) groups excluding carboxylic acids is 1. The second-order valence-corrected chi connectivity index (χ2v) is 4.22. The van der Waals surface area contributed by atoms with Crippen LogP contribution in [0.2, 0.25) is 0 Å². The molecule has 58 valence electrons. The van der Waals surface area contributed by atoms with Crippen molar-refractivity contribution in [3.05, 3.63) is 12.2 Å². The van der Waals surface area contributed by atoms with Gasteiger partial charge in [-0.05, 0) is 31.1 Å². The molecule has 3 aliphatic rings. The molecule has 0 aromatic rings. The van der Waals surface area contributed by atoms with E-state index in [2.05, 4.69) is 12.2 Å². The van der Waals surface area contributed by atoms with Gasteiger partial charge in [0.15, 0.2) is 0 Å². The highest BCUT2D eigenvalue weighted by Gasteiger charge is 2.60. The molecule has 2 saturated carbocycles. The lowest BCUT2D eigenvalue weighted by Gasteiger charge is -2.52. The summed E-state index contributed by atoms with van der Waals surface area (Å²) in [5.74, 6) is 2.08. The van der Waals surface area contributed by atoms with Gasteiger partial charge >= 0.3 is 0 Å². The maximum atomic E-state index is 11.5. The lowest BCUT2D eigenvalue weighted by atomic mass is 9.51. The maximum absolute atomic E-state index is 11.5. The fourth-order valence-corrected chi connectivity index (χ4v) is 3.31. The van der Waals surface area contributed by atoms with Gasteiger partial charge in [0.05, 0.1) is 0 Å². The van der Waals surface area contributed by atoms with Crippen LogP contribution < -0.4 is 0 Å². The molecule has 0 aromatic carbocycles. The summed E-state index contributed by atoms with van der Waals surface area (Å²) in [6.45, 7) is 0. The molecule has 0 spiro atoms. The van der Waals surface area contributed by atoms with Gasteiger partial charge in [-0.15, -0.1) is 0 Å². The average molecular weight is 148 g/mol. The van der Waals surface area contributed by atoms with Crippen molar-refractivity contribution in [2.75, 3.05) is 0 Å². The topological polar surface area (TPSA) is 17.1 Å². The molecule has 0 aliphatic heterocycles. The van der Waals surface area contributed by atoms with Crippen LogP contribution in [0.15, 0.2) is 12.2 Å². The van der Waals surface area contributed by atoms with E-state index in [1.54, 1.807) is 0 Å². The average Bonchev–Trinajstić information content (AvgIpc) is 2.27. The molecule has 3 unspecified atom stereocenters. The second-order valence-electron chi connectivity index (χ2n) is 4.22. The summed E-state index contributed by atoms with van der Waals surface area (Å²) in [7, 11) is 0. The number of ketones is 1. The maximum Gasteiger partial charge on any atom is 0.139 e. The lowest BCUT2D eigenvalue weighted by Crippen LogP contribution is -2.49. The number of Topliss-reactive ketones (excluding diaryl/α,β-unsaturated/α-hetero) is 1. The third-order valence-corrected chi connectivity index (χ3v) is 3.93. The lowest BCUT2D eigenvalue weighted by molar-refractivity contribution is -0.135. The SMILES string of the molecule is O=C1CCC2C3C=CCC12C3. The van der Waals surface area contributed by atoms with Gasteiger partial charge in [0.2, 0.25) is 0 Å². The molecule has 2 bridgehead atoms. The third kappa shape index (κ3) is 0.492.